The first-order valence-corrected chi connectivity index (χ1v) is 14.0. The molecule has 6 rings (SSSR count). The molecule has 0 bridgehead atoms. The average Bonchev–Trinajstić information content (AvgIpc) is 3.26. The van der Waals surface area contributed by atoms with Gasteiger partial charge in [-0.2, -0.15) is 10.8 Å². The average molecular weight is 513 g/mol. The predicted octanol–water partition coefficient (Wildman–Crippen LogP) is 4.75. The molecule has 0 aromatic heterocycles. The lowest BCUT2D eigenvalue weighted by Gasteiger charge is -2.35. The molecule has 1 saturated carbocycles. The maximum Gasteiger partial charge on any atom is 0.265 e. The normalized spacial score (nSPS) is 29.3. The minimum atomic E-state index is -0.158. The van der Waals surface area contributed by atoms with Crippen molar-refractivity contribution in [3.05, 3.63) is 89.5 Å². The highest BCUT2D eigenvalue weighted by molar-refractivity contribution is 6.00. The number of benzene rings is 2. The monoisotopic (exact) mass is 512 g/mol. The van der Waals surface area contributed by atoms with Gasteiger partial charge < -0.3 is 14.7 Å². The maximum atomic E-state index is 10.0. The highest BCUT2D eigenvalue weighted by atomic mass is 16.5. The molecule has 7 nitrogen and oxygen atoms in total. The van der Waals surface area contributed by atoms with Crippen molar-refractivity contribution in [3.8, 4) is 5.75 Å². The van der Waals surface area contributed by atoms with Crippen molar-refractivity contribution in [1.29, 1.82) is 0 Å². The van der Waals surface area contributed by atoms with Gasteiger partial charge in [0.2, 0.25) is 5.70 Å². The number of amidine groups is 1. The summed E-state index contributed by atoms with van der Waals surface area (Å²) in [5.41, 5.74) is 4.15. The van der Waals surface area contributed by atoms with E-state index in [2.05, 4.69) is 28.1 Å². The number of piperidine rings is 1. The molecule has 2 aromatic rings. The number of rotatable bonds is 7. The van der Waals surface area contributed by atoms with E-state index in [1.165, 1.54) is 12.8 Å². The number of β-amino-alcohol motifs (C(OH)–C–C–N with tert-alkyl or cyclic N) is 1. The van der Waals surface area contributed by atoms with Gasteiger partial charge in [-0.25, -0.2) is 0 Å². The topological polar surface area (TPSA) is 83.4 Å². The first kappa shape index (κ1) is 25.2. The fourth-order valence-electron chi connectivity index (χ4n) is 6.35. The van der Waals surface area contributed by atoms with E-state index in [1.807, 2.05) is 48.8 Å². The van der Waals surface area contributed by atoms with Gasteiger partial charge in [0.1, 0.15) is 24.3 Å². The van der Waals surface area contributed by atoms with Gasteiger partial charge in [-0.1, -0.05) is 36.4 Å². The molecular weight excluding hydrogens is 474 g/mol. The van der Waals surface area contributed by atoms with Gasteiger partial charge >= 0.3 is 0 Å². The molecule has 2 aromatic carbocycles. The number of aliphatic hydroxyl groups is 1. The number of nitrogens with zero attached hydrogens (tertiary/aromatic N) is 4. The van der Waals surface area contributed by atoms with E-state index in [4.69, 9.17) is 15.6 Å². The lowest BCUT2D eigenvalue weighted by molar-refractivity contribution is -0.750. The van der Waals surface area contributed by atoms with Crippen LogP contribution in [-0.2, 0) is 6.61 Å². The third kappa shape index (κ3) is 5.24. The van der Waals surface area contributed by atoms with Gasteiger partial charge in [-0.15, -0.1) is 4.59 Å². The molecule has 0 amide bonds. The van der Waals surface area contributed by atoms with Gasteiger partial charge in [-0.05, 0) is 74.8 Å². The van der Waals surface area contributed by atoms with Crippen LogP contribution in [0.3, 0.4) is 0 Å². The van der Waals surface area contributed by atoms with Crippen LogP contribution < -0.4 is 10.6 Å². The second-order valence-corrected chi connectivity index (χ2v) is 11.1. The van der Waals surface area contributed by atoms with Gasteiger partial charge in [-0.3, -0.25) is 4.99 Å². The van der Waals surface area contributed by atoms with E-state index < -0.39 is 0 Å². The zero-order valence-electron chi connectivity index (χ0n) is 22.0. The van der Waals surface area contributed by atoms with Gasteiger partial charge in [0.25, 0.3) is 5.84 Å². The molecule has 3 N–H and O–H groups in total. The standard InChI is InChI=1S/C31H38N5O2/c32-36-17-15-33-19-29(36)30(25-13-11-23(12-14-25)20-35-16-5-9-27(37)21-35)34-31(36)26-8-4-10-28(18-26)38-22-24-6-2-1-3-7-24/h1-4,6-8,10,15,17-19,23,25,27,37H,5,9,11-14,16,20-22,32H2/q+1. The predicted molar refractivity (Wildman–Crippen MR) is 150 cm³/mol. The van der Waals surface area contributed by atoms with Crippen molar-refractivity contribution in [2.24, 2.45) is 27.7 Å². The Balaban J connectivity index is 1.17. The van der Waals surface area contributed by atoms with Crippen LogP contribution in [0.1, 0.15) is 49.7 Å². The number of aliphatic imine (C=N–C) groups is 2. The SMILES string of the molecule is N[N+]12C=CN=CC1=C(C1CCC(CN3CCCC(O)C3)CC1)N=C2c1cccc(OCc2ccccc2)c1. The van der Waals surface area contributed by atoms with Gasteiger partial charge in [0.15, 0.2) is 0 Å². The zero-order chi connectivity index (χ0) is 26.0. The smallest absolute Gasteiger partial charge is 0.265 e. The molecule has 4 aliphatic rings. The second-order valence-electron chi connectivity index (χ2n) is 11.1. The van der Waals surface area contributed by atoms with Crippen LogP contribution >= 0.6 is 0 Å². The number of quaternary nitrogens is 1. The summed E-state index contributed by atoms with van der Waals surface area (Å²) in [6.07, 6.45) is 12.0. The molecule has 2 atom stereocenters. The molecule has 38 heavy (non-hydrogen) atoms. The number of ether oxygens (including phenoxy) is 1. The van der Waals surface area contributed by atoms with Crippen molar-refractivity contribution in [3.63, 3.8) is 0 Å². The quantitative estimate of drug-likeness (QED) is 0.414. The van der Waals surface area contributed by atoms with E-state index in [1.54, 1.807) is 6.20 Å². The second kappa shape index (κ2) is 10.9. The molecule has 7 heteroatoms. The molecule has 1 saturated heterocycles. The molecular formula is C31H38N5O2+. The third-order valence-electron chi connectivity index (χ3n) is 8.39. The lowest BCUT2D eigenvalue weighted by Crippen LogP contribution is -2.53. The van der Waals surface area contributed by atoms with Crippen LogP contribution in [-0.4, -0.2) is 52.4 Å². The van der Waals surface area contributed by atoms with Crippen LogP contribution in [0.25, 0.3) is 0 Å². The Morgan fingerprint density at radius 2 is 1.87 bits per heavy atom. The van der Waals surface area contributed by atoms with Crippen LogP contribution in [0, 0.1) is 11.8 Å². The number of allylic oxidation sites excluding steroid dienone is 2. The molecule has 0 radical (unpaired) electrons. The van der Waals surface area contributed by atoms with Gasteiger partial charge in [0, 0.05) is 19.0 Å². The number of fused-ring (bicyclic) bond motifs is 1. The Kier molecular flexibility index (Phi) is 7.26. The number of hydrogen-bond acceptors (Lipinski definition) is 6. The van der Waals surface area contributed by atoms with E-state index in [-0.39, 0.29) is 10.7 Å². The van der Waals surface area contributed by atoms with Crippen LogP contribution in [0.2, 0.25) is 0 Å². The summed E-state index contributed by atoms with van der Waals surface area (Å²) >= 11 is 0. The maximum absolute atomic E-state index is 10.0. The summed E-state index contributed by atoms with van der Waals surface area (Å²) in [5.74, 6) is 9.69. The summed E-state index contributed by atoms with van der Waals surface area (Å²) in [5, 5.41) is 10.0. The molecule has 2 fully saturated rings. The minimum Gasteiger partial charge on any atom is -0.489 e. The van der Waals surface area contributed by atoms with Crippen molar-refractivity contribution >= 4 is 12.1 Å². The van der Waals surface area contributed by atoms with Crippen LogP contribution in [0.15, 0.2) is 88.4 Å². The van der Waals surface area contributed by atoms with E-state index in [9.17, 15) is 5.11 Å². The van der Waals surface area contributed by atoms with E-state index >= 15 is 0 Å². The van der Waals surface area contributed by atoms with E-state index in [0.717, 1.165) is 79.4 Å². The van der Waals surface area contributed by atoms with Crippen molar-refractivity contribution < 1.29 is 14.4 Å². The molecule has 0 spiro atoms. The summed E-state index contributed by atoms with van der Waals surface area (Å²) in [4.78, 5) is 12.1. The Hall–Kier alpha value is -3.10. The number of nitrogens with two attached hydrogens (primary N) is 1. The Morgan fingerprint density at radius 1 is 1.03 bits per heavy atom. The number of aliphatic hydroxyl groups excluding tert-OH is 1. The van der Waals surface area contributed by atoms with Crippen LogP contribution in [0.4, 0.5) is 0 Å². The third-order valence-corrected chi connectivity index (χ3v) is 8.39. The Morgan fingerprint density at radius 3 is 2.68 bits per heavy atom. The molecule has 1 aliphatic carbocycles. The zero-order valence-corrected chi connectivity index (χ0v) is 22.0. The summed E-state index contributed by atoms with van der Waals surface area (Å²) in [6, 6.07) is 18.3. The Bertz CT molecular complexity index is 1260. The number of likely N-dealkylation sites (tertiary alicyclic amines) is 1. The summed E-state index contributed by atoms with van der Waals surface area (Å²) in [7, 11) is 0. The first-order chi connectivity index (χ1) is 18.6. The largest absolute Gasteiger partial charge is 0.489 e. The summed E-state index contributed by atoms with van der Waals surface area (Å²) in [6.45, 7) is 3.55. The highest BCUT2D eigenvalue weighted by Gasteiger charge is 2.46. The summed E-state index contributed by atoms with van der Waals surface area (Å²) < 4.78 is 6.15. The number of hydrogen-bond donors (Lipinski definition) is 2. The molecule has 2 unspecified atom stereocenters. The fraction of sp³-hybridized carbons (Fsp3) is 0.419. The van der Waals surface area contributed by atoms with Crippen molar-refractivity contribution in [2.45, 2.75) is 51.2 Å². The minimum absolute atomic E-state index is 0.0482. The first-order valence-electron chi connectivity index (χ1n) is 14.0. The van der Waals surface area contributed by atoms with E-state index in [0.29, 0.717) is 18.4 Å². The Labute approximate surface area is 225 Å². The van der Waals surface area contributed by atoms with Gasteiger partial charge in [0.05, 0.1) is 24.1 Å². The highest BCUT2D eigenvalue weighted by Crippen LogP contribution is 2.41. The van der Waals surface area contributed by atoms with Crippen molar-refractivity contribution in [1.82, 2.24) is 4.90 Å². The fourth-order valence-corrected chi connectivity index (χ4v) is 6.35. The molecule has 3 heterocycles. The molecule has 3 aliphatic heterocycles. The molecule has 198 valence electrons. The lowest BCUT2D eigenvalue weighted by atomic mass is 9.79. The van der Waals surface area contributed by atoms with Crippen LogP contribution in [0.5, 0.6) is 5.75 Å². The van der Waals surface area contributed by atoms with Crippen molar-refractivity contribution in [2.75, 3.05) is 19.6 Å².